The molecule has 1 amide bonds. The summed E-state index contributed by atoms with van der Waals surface area (Å²) < 4.78 is 9.44. The summed E-state index contributed by atoms with van der Waals surface area (Å²) in [6.07, 6.45) is 10.2. The van der Waals surface area contributed by atoms with Crippen molar-refractivity contribution in [3.05, 3.63) is 109 Å². The van der Waals surface area contributed by atoms with Gasteiger partial charge in [-0.15, -0.1) is 5.10 Å². The number of anilines is 3. The molecule has 4 heterocycles. The largest absolute Gasteiger partial charge is 0.472 e. The average Bonchev–Trinajstić information content (AvgIpc) is 3.60. The number of fused-ring (bicyclic) bond motifs is 2. The van der Waals surface area contributed by atoms with Crippen LogP contribution < -0.4 is 15.4 Å². The normalized spacial score (nSPS) is 11.3. The lowest BCUT2D eigenvalue weighted by molar-refractivity contribution is -0.111. The maximum atomic E-state index is 12.5. The number of amides is 1. The van der Waals surface area contributed by atoms with Crippen LogP contribution in [0.2, 0.25) is 0 Å². The Labute approximate surface area is 223 Å². The van der Waals surface area contributed by atoms with Gasteiger partial charge in [-0.2, -0.15) is 0 Å². The van der Waals surface area contributed by atoms with E-state index in [1.807, 2.05) is 78.5 Å². The van der Waals surface area contributed by atoms with Gasteiger partial charge in [0, 0.05) is 60.2 Å². The molecule has 192 valence electrons. The van der Waals surface area contributed by atoms with Crippen molar-refractivity contribution in [3.8, 4) is 5.88 Å². The highest BCUT2D eigenvalue weighted by atomic mass is 16.5. The number of aromatic nitrogens is 6. The van der Waals surface area contributed by atoms with E-state index in [9.17, 15) is 4.79 Å². The molecular formula is C29H24N8O2. The third kappa shape index (κ3) is 5.44. The zero-order chi connectivity index (χ0) is 26.6. The van der Waals surface area contributed by atoms with E-state index >= 15 is 0 Å². The lowest BCUT2D eigenvalue weighted by Gasteiger charge is -2.11. The van der Waals surface area contributed by atoms with Crippen molar-refractivity contribution in [1.82, 2.24) is 29.1 Å². The van der Waals surface area contributed by atoms with Crippen LogP contribution in [0, 0.1) is 0 Å². The number of ether oxygens (including phenoxy) is 1. The van der Waals surface area contributed by atoms with E-state index in [0.29, 0.717) is 24.0 Å². The smallest absolute Gasteiger partial charge is 0.248 e. The number of carbonyl (C=O) groups is 1. The van der Waals surface area contributed by atoms with E-state index in [-0.39, 0.29) is 5.91 Å². The van der Waals surface area contributed by atoms with Gasteiger partial charge in [0.25, 0.3) is 0 Å². The molecule has 0 saturated carbocycles. The van der Waals surface area contributed by atoms with E-state index in [4.69, 9.17) is 4.74 Å². The summed E-state index contributed by atoms with van der Waals surface area (Å²) in [6.45, 7) is 0.380. The zero-order valence-electron chi connectivity index (χ0n) is 21.0. The molecule has 0 spiro atoms. The lowest BCUT2D eigenvalue weighted by atomic mass is 10.2. The Balaban J connectivity index is 1.13. The molecule has 0 aliphatic heterocycles. The predicted octanol–water partition coefficient (Wildman–Crippen LogP) is 4.99. The number of nitrogens with zero attached hydrogens (tertiary/aromatic N) is 6. The molecule has 0 radical (unpaired) electrons. The highest BCUT2D eigenvalue weighted by Crippen LogP contribution is 2.26. The van der Waals surface area contributed by atoms with Crippen molar-refractivity contribution in [2.75, 3.05) is 10.6 Å². The van der Waals surface area contributed by atoms with Gasteiger partial charge in [0.15, 0.2) is 5.65 Å². The first kappa shape index (κ1) is 23.9. The third-order valence-corrected chi connectivity index (χ3v) is 6.13. The van der Waals surface area contributed by atoms with Gasteiger partial charge in [0.1, 0.15) is 18.8 Å². The standard InChI is InChI=1S/C29H24N8O2/c1-36-15-2-3-23(36)9-12-27(38)33-22-8-10-25-24(17-22)29(32-19-31-25)34-21-6-4-20(5-7-21)18-39-28-13-11-26-30-14-16-37(26)35-28/h2-17,19H,18H2,1H3,(H,33,38)(H,31,32,34)/b12-9+. The summed E-state index contributed by atoms with van der Waals surface area (Å²) in [5.74, 6) is 0.936. The molecule has 0 bridgehead atoms. The van der Waals surface area contributed by atoms with Crippen molar-refractivity contribution in [3.63, 3.8) is 0 Å². The van der Waals surface area contributed by atoms with E-state index in [0.717, 1.165) is 33.5 Å². The van der Waals surface area contributed by atoms with Gasteiger partial charge in [-0.25, -0.2) is 19.5 Å². The van der Waals surface area contributed by atoms with Gasteiger partial charge in [-0.3, -0.25) is 4.79 Å². The number of hydrogen-bond acceptors (Lipinski definition) is 7. The van der Waals surface area contributed by atoms with Crippen molar-refractivity contribution < 1.29 is 9.53 Å². The number of benzene rings is 2. The van der Waals surface area contributed by atoms with Gasteiger partial charge in [0.2, 0.25) is 11.8 Å². The van der Waals surface area contributed by atoms with E-state index in [1.165, 1.54) is 12.4 Å². The summed E-state index contributed by atoms with van der Waals surface area (Å²) >= 11 is 0. The number of hydrogen-bond donors (Lipinski definition) is 2. The maximum Gasteiger partial charge on any atom is 0.248 e. The second kappa shape index (κ2) is 10.5. The molecule has 0 unspecified atom stereocenters. The van der Waals surface area contributed by atoms with Crippen LogP contribution in [0.1, 0.15) is 11.3 Å². The van der Waals surface area contributed by atoms with Gasteiger partial charge < -0.3 is 19.9 Å². The monoisotopic (exact) mass is 516 g/mol. The fraction of sp³-hybridized carbons (Fsp3) is 0.0690. The highest BCUT2D eigenvalue weighted by molar-refractivity contribution is 6.03. The van der Waals surface area contributed by atoms with E-state index < -0.39 is 0 Å². The lowest BCUT2D eigenvalue weighted by Crippen LogP contribution is -2.08. The molecule has 6 rings (SSSR count). The minimum absolute atomic E-state index is 0.222. The number of nitrogens with one attached hydrogen (secondary N) is 2. The van der Waals surface area contributed by atoms with Crippen LogP contribution in [0.5, 0.6) is 5.88 Å². The molecule has 4 aromatic heterocycles. The van der Waals surface area contributed by atoms with Crippen LogP contribution >= 0.6 is 0 Å². The highest BCUT2D eigenvalue weighted by Gasteiger charge is 2.08. The third-order valence-electron chi connectivity index (χ3n) is 6.13. The Bertz CT molecular complexity index is 1800. The molecule has 0 saturated heterocycles. The van der Waals surface area contributed by atoms with Crippen molar-refractivity contribution in [1.29, 1.82) is 0 Å². The number of carbonyl (C=O) groups excluding carboxylic acids is 1. The summed E-state index contributed by atoms with van der Waals surface area (Å²) in [6, 6.07) is 20.9. The van der Waals surface area contributed by atoms with Crippen molar-refractivity contribution >= 4 is 45.7 Å². The van der Waals surface area contributed by atoms with Crippen LogP contribution in [-0.2, 0) is 18.4 Å². The Hall–Kier alpha value is -5.51. The van der Waals surface area contributed by atoms with Gasteiger partial charge in [-0.1, -0.05) is 12.1 Å². The van der Waals surface area contributed by atoms with Gasteiger partial charge in [0.05, 0.1) is 5.52 Å². The van der Waals surface area contributed by atoms with Crippen molar-refractivity contribution in [2.45, 2.75) is 6.61 Å². The minimum Gasteiger partial charge on any atom is -0.472 e. The molecule has 0 aliphatic carbocycles. The minimum atomic E-state index is -0.222. The topological polar surface area (TPSA) is 111 Å². The first-order chi connectivity index (χ1) is 19.1. The number of imidazole rings is 1. The second-order valence-electron chi connectivity index (χ2n) is 8.83. The van der Waals surface area contributed by atoms with Gasteiger partial charge >= 0.3 is 0 Å². The maximum absolute atomic E-state index is 12.5. The Morgan fingerprint density at radius 2 is 1.85 bits per heavy atom. The van der Waals surface area contributed by atoms with Crippen LogP contribution in [0.3, 0.4) is 0 Å². The molecule has 0 fully saturated rings. The first-order valence-electron chi connectivity index (χ1n) is 12.2. The van der Waals surface area contributed by atoms with Gasteiger partial charge in [-0.05, 0) is 60.2 Å². The first-order valence-corrected chi connectivity index (χ1v) is 12.2. The fourth-order valence-corrected chi connectivity index (χ4v) is 4.08. The molecule has 0 atom stereocenters. The Kier molecular flexibility index (Phi) is 6.40. The average molecular weight is 517 g/mol. The second-order valence-corrected chi connectivity index (χ2v) is 8.83. The molecular weight excluding hydrogens is 492 g/mol. The van der Waals surface area contributed by atoms with Crippen LogP contribution in [0.4, 0.5) is 17.2 Å². The van der Waals surface area contributed by atoms with Crippen molar-refractivity contribution in [2.24, 2.45) is 7.05 Å². The van der Waals surface area contributed by atoms with E-state index in [2.05, 4.69) is 30.7 Å². The Morgan fingerprint density at radius 3 is 2.69 bits per heavy atom. The summed E-state index contributed by atoms with van der Waals surface area (Å²) in [4.78, 5) is 25.5. The Morgan fingerprint density at radius 1 is 0.974 bits per heavy atom. The molecule has 39 heavy (non-hydrogen) atoms. The molecule has 2 aromatic carbocycles. The molecule has 0 aliphatic rings. The molecule has 2 N–H and O–H groups in total. The number of rotatable bonds is 8. The fourth-order valence-electron chi connectivity index (χ4n) is 4.08. The van der Waals surface area contributed by atoms with Crippen LogP contribution in [0.15, 0.2) is 97.7 Å². The van der Waals surface area contributed by atoms with Crippen LogP contribution in [-0.4, -0.2) is 35.0 Å². The summed E-state index contributed by atoms with van der Waals surface area (Å²) in [5.41, 5.74) is 4.97. The molecule has 10 heteroatoms. The summed E-state index contributed by atoms with van der Waals surface area (Å²) in [5, 5.41) is 11.4. The van der Waals surface area contributed by atoms with Crippen LogP contribution in [0.25, 0.3) is 22.6 Å². The quantitative estimate of drug-likeness (QED) is 0.274. The summed E-state index contributed by atoms with van der Waals surface area (Å²) in [7, 11) is 1.93. The van der Waals surface area contributed by atoms with E-state index in [1.54, 1.807) is 29.1 Å². The number of aryl methyl sites for hydroxylation is 1. The zero-order valence-corrected chi connectivity index (χ0v) is 21.0. The molecule has 10 nitrogen and oxygen atoms in total. The SMILES string of the molecule is Cn1cccc1/C=C/C(=O)Nc1ccc2ncnc(Nc3ccc(COc4ccc5nccn5n4)cc3)c2c1. The predicted molar refractivity (Wildman–Crippen MR) is 150 cm³/mol. The molecule has 6 aromatic rings.